The van der Waals surface area contributed by atoms with Crippen LogP contribution in [0.3, 0.4) is 0 Å². The van der Waals surface area contributed by atoms with Crippen LogP contribution in [0, 0.1) is 5.92 Å². The van der Waals surface area contributed by atoms with E-state index in [1.807, 2.05) is 0 Å². The van der Waals surface area contributed by atoms with Crippen molar-refractivity contribution in [1.29, 1.82) is 0 Å². The Kier molecular flexibility index (Phi) is 3.57. The highest BCUT2D eigenvalue weighted by molar-refractivity contribution is 7.99. The molecule has 1 aliphatic heterocycles. The van der Waals surface area contributed by atoms with Crippen LogP contribution in [0.1, 0.15) is 26.2 Å². The molecule has 1 rings (SSSR count). The van der Waals surface area contributed by atoms with Crippen LogP contribution >= 0.6 is 11.8 Å². The fraction of sp³-hybridized carbons (Fsp3) is 1.00. The smallest absolute Gasteiger partial charge is 0.00134 e. The first-order chi connectivity index (χ1) is 4.79. The van der Waals surface area contributed by atoms with Gasteiger partial charge in [0.1, 0.15) is 0 Å². The summed E-state index contributed by atoms with van der Waals surface area (Å²) in [5.74, 6) is 3.63. The summed E-state index contributed by atoms with van der Waals surface area (Å²) in [6.45, 7) is 2.11. The van der Waals surface area contributed by atoms with Crippen LogP contribution in [-0.2, 0) is 0 Å². The normalized spacial score (nSPS) is 30.0. The largest absolute Gasteiger partial charge is 0.328 e. The van der Waals surface area contributed by atoms with Crippen molar-refractivity contribution in [2.24, 2.45) is 11.7 Å². The van der Waals surface area contributed by atoms with Gasteiger partial charge >= 0.3 is 0 Å². The third-order valence-electron chi connectivity index (χ3n) is 1.96. The second kappa shape index (κ2) is 4.24. The molecule has 1 aliphatic rings. The fourth-order valence-corrected chi connectivity index (χ4v) is 2.69. The maximum Gasteiger partial charge on any atom is 0.00134 e. The van der Waals surface area contributed by atoms with Gasteiger partial charge in [0, 0.05) is 6.04 Å². The zero-order chi connectivity index (χ0) is 7.40. The van der Waals surface area contributed by atoms with Crippen LogP contribution in [0.4, 0.5) is 0 Å². The molecule has 0 aliphatic carbocycles. The Morgan fingerprint density at radius 1 is 1.70 bits per heavy atom. The van der Waals surface area contributed by atoms with Gasteiger partial charge in [-0.15, -0.1) is 0 Å². The molecule has 10 heavy (non-hydrogen) atoms. The monoisotopic (exact) mass is 159 g/mol. The maximum atomic E-state index is 5.71. The number of nitrogens with two attached hydrogens (primary N) is 1. The first-order valence-corrected chi connectivity index (χ1v) is 5.28. The molecular weight excluding hydrogens is 142 g/mol. The molecule has 2 unspecified atom stereocenters. The first-order valence-electron chi connectivity index (χ1n) is 4.12. The van der Waals surface area contributed by atoms with Crippen molar-refractivity contribution in [2.45, 2.75) is 32.2 Å². The Morgan fingerprint density at radius 2 is 2.50 bits per heavy atom. The number of hydrogen-bond acceptors (Lipinski definition) is 2. The highest BCUT2D eigenvalue weighted by Gasteiger charge is 2.14. The van der Waals surface area contributed by atoms with Crippen LogP contribution in [0.2, 0.25) is 0 Å². The number of thioether (sulfide) groups is 1. The summed E-state index contributed by atoms with van der Waals surface area (Å²) in [5, 5.41) is 0. The Bertz CT molecular complexity index is 87.3. The van der Waals surface area contributed by atoms with Crippen molar-refractivity contribution in [3.63, 3.8) is 0 Å². The molecule has 2 N–H and O–H groups in total. The topological polar surface area (TPSA) is 26.0 Å². The van der Waals surface area contributed by atoms with Crippen LogP contribution in [-0.4, -0.2) is 17.5 Å². The van der Waals surface area contributed by atoms with Gasteiger partial charge in [-0.3, -0.25) is 0 Å². The molecule has 2 atom stereocenters. The molecule has 1 heterocycles. The van der Waals surface area contributed by atoms with Gasteiger partial charge in [0.15, 0.2) is 0 Å². The van der Waals surface area contributed by atoms with E-state index in [0.29, 0.717) is 6.04 Å². The van der Waals surface area contributed by atoms with Gasteiger partial charge < -0.3 is 5.73 Å². The van der Waals surface area contributed by atoms with E-state index in [4.69, 9.17) is 5.73 Å². The lowest BCUT2D eigenvalue weighted by atomic mass is 9.98. The fourth-order valence-electron chi connectivity index (χ4n) is 1.52. The second-order valence-electron chi connectivity index (χ2n) is 3.30. The molecule has 60 valence electrons. The van der Waals surface area contributed by atoms with E-state index in [1.165, 1.54) is 30.8 Å². The summed E-state index contributed by atoms with van der Waals surface area (Å²) in [6.07, 6.45) is 4.05. The van der Waals surface area contributed by atoms with E-state index >= 15 is 0 Å². The zero-order valence-electron chi connectivity index (χ0n) is 6.68. The molecule has 0 aromatic rings. The molecule has 0 aromatic carbocycles. The summed E-state index contributed by atoms with van der Waals surface area (Å²) in [7, 11) is 0. The van der Waals surface area contributed by atoms with E-state index in [2.05, 4.69) is 18.7 Å². The Labute approximate surface area is 67.8 Å². The summed E-state index contributed by atoms with van der Waals surface area (Å²) >= 11 is 2.09. The molecule has 1 fully saturated rings. The molecule has 0 bridgehead atoms. The van der Waals surface area contributed by atoms with Crippen molar-refractivity contribution in [3.8, 4) is 0 Å². The van der Waals surface area contributed by atoms with E-state index in [-0.39, 0.29) is 0 Å². The van der Waals surface area contributed by atoms with E-state index in [0.717, 1.165) is 5.92 Å². The summed E-state index contributed by atoms with van der Waals surface area (Å²) in [6, 6.07) is 0.406. The highest BCUT2D eigenvalue weighted by atomic mass is 32.2. The molecule has 2 heteroatoms. The van der Waals surface area contributed by atoms with Crippen molar-refractivity contribution in [3.05, 3.63) is 0 Å². The minimum Gasteiger partial charge on any atom is -0.328 e. The van der Waals surface area contributed by atoms with Gasteiger partial charge in [-0.2, -0.15) is 11.8 Å². The quantitative estimate of drug-likeness (QED) is 0.665. The number of hydrogen-bond donors (Lipinski definition) is 1. The lowest BCUT2D eigenvalue weighted by Gasteiger charge is -2.22. The van der Waals surface area contributed by atoms with Gasteiger partial charge in [-0.05, 0) is 43.6 Å². The zero-order valence-corrected chi connectivity index (χ0v) is 7.49. The average Bonchev–Trinajstić information content (AvgIpc) is 1.88. The minimum absolute atomic E-state index is 0.406. The van der Waals surface area contributed by atoms with Gasteiger partial charge in [0.05, 0.1) is 0 Å². The third kappa shape index (κ3) is 2.93. The summed E-state index contributed by atoms with van der Waals surface area (Å²) in [4.78, 5) is 0. The predicted molar refractivity (Wildman–Crippen MR) is 48.3 cm³/mol. The summed E-state index contributed by atoms with van der Waals surface area (Å²) in [5.41, 5.74) is 5.71. The maximum absolute atomic E-state index is 5.71. The van der Waals surface area contributed by atoms with Crippen molar-refractivity contribution in [2.75, 3.05) is 11.5 Å². The molecule has 0 amide bonds. The van der Waals surface area contributed by atoms with Gasteiger partial charge in [0.25, 0.3) is 0 Å². The molecule has 0 spiro atoms. The third-order valence-corrected chi connectivity index (χ3v) is 3.24. The molecular formula is C8H17NS. The molecule has 0 aromatic heterocycles. The molecule has 1 nitrogen and oxygen atoms in total. The van der Waals surface area contributed by atoms with Crippen molar-refractivity contribution >= 4 is 11.8 Å². The van der Waals surface area contributed by atoms with Crippen LogP contribution in [0.5, 0.6) is 0 Å². The van der Waals surface area contributed by atoms with E-state index in [1.54, 1.807) is 0 Å². The Morgan fingerprint density at radius 3 is 3.00 bits per heavy atom. The summed E-state index contributed by atoms with van der Waals surface area (Å²) < 4.78 is 0. The van der Waals surface area contributed by atoms with Gasteiger partial charge in [-0.1, -0.05) is 0 Å². The van der Waals surface area contributed by atoms with Crippen LogP contribution < -0.4 is 5.73 Å². The number of rotatable bonds is 2. The molecule has 0 saturated carbocycles. The lowest BCUT2D eigenvalue weighted by molar-refractivity contribution is 0.447. The van der Waals surface area contributed by atoms with Gasteiger partial charge in [-0.25, -0.2) is 0 Å². The SMILES string of the molecule is CC(N)CC1CCCSC1. The standard InChI is InChI=1S/C8H17NS/c1-7(9)5-8-3-2-4-10-6-8/h7-8H,2-6,9H2,1H3. The van der Waals surface area contributed by atoms with Crippen molar-refractivity contribution in [1.82, 2.24) is 0 Å². The lowest BCUT2D eigenvalue weighted by Crippen LogP contribution is -2.22. The molecule has 0 radical (unpaired) electrons. The highest BCUT2D eigenvalue weighted by Crippen LogP contribution is 2.25. The van der Waals surface area contributed by atoms with E-state index < -0.39 is 0 Å². The average molecular weight is 159 g/mol. The first kappa shape index (κ1) is 8.41. The Balaban J connectivity index is 2.13. The predicted octanol–water partition coefficient (Wildman–Crippen LogP) is 1.87. The Hall–Kier alpha value is 0.310. The second-order valence-corrected chi connectivity index (χ2v) is 4.45. The van der Waals surface area contributed by atoms with Crippen LogP contribution in [0.15, 0.2) is 0 Å². The molecule has 1 saturated heterocycles. The minimum atomic E-state index is 0.406. The van der Waals surface area contributed by atoms with Gasteiger partial charge in [0.2, 0.25) is 0 Å². The van der Waals surface area contributed by atoms with Crippen LogP contribution in [0.25, 0.3) is 0 Å². The van der Waals surface area contributed by atoms with Crippen molar-refractivity contribution < 1.29 is 0 Å². The van der Waals surface area contributed by atoms with E-state index in [9.17, 15) is 0 Å².